The number of methoxy groups -OCH3 is 1. The van der Waals surface area contributed by atoms with Crippen LogP contribution in [-0.2, 0) is 11.4 Å². The molecule has 0 saturated heterocycles. The number of benzene rings is 2. The Bertz CT molecular complexity index is 1240. The molecule has 1 aromatic heterocycles. The van der Waals surface area contributed by atoms with Gasteiger partial charge in [-0.3, -0.25) is 10.1 Å². The maximum Gasteiger partial charge on any atom is 0.268 e. The Hall–Kier alpha value is -3.98. The van der Waals surface area contributed by atoms with E-state index in [0.717, 1.165) is 11.3 Å². The van der Waals surface area contributed by atoms with Gasteiger partial charge < -0.3 is 9.47 Å². The van der Waals surface area contributed by atoms with Crippen LogP contribution in [0.4, 0.5) is 27.1 Å². The van der Waals surface area contributed by atoms with E-state index in [9.17, 15) is 32.0 Å². The van der Waals surface area contributed by atoms with E-state index in [4.69, 9.17) is 9.47 Å². The Morgan fingerprint density at radius 3 is 2.39 bits per heavy atom. The summed E-state index contributed by atoms with van der Waals surface area (Å²) >= 11 is 1.15. The summed E-state index contributed by atoms with van der Waals surface area (Å²) in [6, 6.07) is 6.00. The number of carbonyl (C=O) groups is 1. The molecule has 1 N–H and O–H groups in total. The third-order valence-electron chi connectivity index (χ3n) is 4.17. The van der Waals surface area contributed by atoms with Gasteiger partial charge in [0, 0.05) is 17.1 Å². The SMILES string of the molecule is COc1ccc(/C=C(\C#N)C(=O)Nc2nccs2)cc1COc1c(F)c(F)c(F)c(F)c1F. The normalized spacial score (nSPS) is 11.1. The fraction of sp³-hybridized carbons (Fsp3) is 0.0952. The van der Waals surface area contributed by atoms with Crippen LogP contribution in [0.2, 0.25) is 0 Å². The fourth-order valence-electron chi connectivity index (χ4n) is 2.63. The van der Waals surface area contributed by atoms with Gasteiger partial charge in [-0.1, -0.05) is 6.07 Å². The standard InChI is InChI=1S/C21H12F5N3O3S/c1-31-13-3-2-10(6-11(8-27)20(30)29-21-28-4-5-33-21)7-12(13)9-32-19-17(25)15(23)14(22)16(24)18(19)26/h2-7H,9H2,1H3,(H,28,29,30)/b11-6+. The number of aromatic nitrogens is 1. The topological polar surface area (TPSA) is 84.2 Å². The first-order valence-electron chi connectivity index (χ1n) is 8.90. The molecule has 0 fully saturated rings. The van der Waals surface area contributed by atoms with Crippen molar-refractivity contribution in [1.82, 2.24) is 4.98 Å². The van der Waals surface area contributed by atoms with E-state index >= 15 is 0 Å². The van der Waals surface area contributed by atoms with Gasteiger partial charge >= 0.3 is 0 Å². The molecule has 170 valence electrons. The van der Waals surface area contributed by atoms with E-state index in [-0.39, 0.29) is 22.0 Å². The van der Waals surface area contributed by atoms with E-state index in [1.165, 1.54) is 37.6 Å². The minimum Gasteiger partial charge on any atom is -0.496 e. The summed E-state index contributed by atoms with van der Waals surface area (Å²) in [5, 5.41) is 13.7. The fourth-order valence-corrected chi connectivity index (χ4v) is 3.15. The smallest absolute Gasteiger partial charge is 0.268 e. The zero-order valence-electron chi connectivity index (χ0n) is 16.6. The van der Waals surface area contributed by atoms with Crippen molar-refractivity contribution in [2.24, 2.45) is 0 Å². The Kier molecular flexibility index (Phi) is 7.24. The minimum atomic E-state index is -2.30. The summed E-state index contributed by atoms with van der Waals surface area (Å²) in [6.07, 6.45) is 2.70. The largest absolute Gasteiger partial charge is 0.496 e. The summed E-state index contributed by atoms with van der Waals surface area (Å²) in [6.45, 7) is -0.642. The van der Waals surface area contributed by atoms with Gasteiger partial charge in [-0.2, -0.15) is 14.0 Å². The molecule has 33 heavy (non-hydrogen) atoms. The van der Waals surface area contributed by atoms with E-state index in [0.29, 0.717) is 5.56 Å². The van der Waals surface area contributed by atoms with Crippen LogP contribution in [0.3, 0.4) is 0 Å². The van der Waals surface area contributed by atoms with Crippen molar-refractivity contribution in [3.63, 3.8) is 0 Å². The van der Waals surface area contributed by atoms with Crippen molar-refractivity contribution in [2.45, 2.75) is 6.61 Å². The molecule has 6 nitrogen and oxygen atoms in total. The summed E-state index contributed by atoms with van der Waals surface area (Å²) < 4.78 is 77.7. The Balaban J connectivity index is 1.88. The molecular formula is C21H12F5N3O3S. The van der Waals surface area contributed by atoms with Crippen LogP contribution in [0, 0.1) is 40.4 Å². The molecule has 0 aliphatic carbocycles. The summed E-state index contributed by atoms with van der Waals surface area (Å²) in [5.41, 5.74) is 0.174. The number of rotatable bonds is 7. The van der Waals surface area contributed by atoms with Crippen LogP contribution in [0.1, 0.15) is 11.1 Å². The maximum absolute atomic E-state index is 13.9. The van der Waals surface area contributed by atoms with Crippen molar-refractivity contribution < 1.29 is 36.2 Å². The molecule has 0 aliphatic rings. The van der Waals surface area contributed by atoms with E-state index in [2.05, 4.69) is 10.3 Å². The van der Waals surface area contributed by atoms with Gasteiger partial charge in [0.2, 0.25) is 29.1 Å². The predicted molar refractivity (Wildman–Crippen MR) is 108 cm³/mol. The Morgan fingerprint density at radius 2 is 1.82 bits per heavy atom. The van der Waals surface area contributed by atoms with E-state index in [1.807, 2.05) is 0 Å². The molecule has 0 spiro atoms. The number of carbonyl (C=O) groups excluding carboxylic acids is 1. The number of ether oxygens (including phenoxy) is 2. The highest BCUT2D eigenvalue weighted by Crippen LogP contribution is 2.31. The number of nitrogens with one attached hydrogen (secondary N) is 1. The van der Waals surface area contributed by atoms with Gasteiger partial charge in [0.25, 0.3) is 5.91 Å². The summed E-state index contributed by atoms with van der Waals surface area (Å²) in [4.78, 5) is 16.1. The first-order chi connectivity index (χ1) is 15.8. The van der Waals surface area contributed by atoms with Crippen molar-refractivity contribution >= 4 is 28.5 Å². The average molecular weight is 481 g/mol. The number of anilines is 1. The van der Waals surface area contributed by atoms with Gasteiger partial charge in [0.05, 0.1) is 7.11 Å². The maximum atomic E-state index is 13.9. The van der Waals surface area contributed by atoms with Gasteiger partial charge in [-0.05, 0) is 23.8 Å². The lowest BCUT2D eigenvalue weighted by Gasteiger charge is -2.13. The van der Waals surface area contributed by atoms with Crippen LogP contribution >= 0.6 is 11.3 Å². The van der Waals surface area contributed by atoms with Crippen LogP contribution in [0.15, 0.2) is 35.3 Å². The molecule has 3 aromatic rings. The molecule has 1 heterocycles. The molecule has 0 saturated carbocycles. The Labute approximate surface area is 187 Å². The first kappa shape index (κ1) is 23.7. The Morgan fingerprint density at radius 1 is 1.15 bits per heavy atom. The molecule has 3 rings (SSSR count). The van der Waals surface area contributed by atoms with Crippen molar-refractivity contribution in [2.75, 3.05) is 12.4 Å². The lowest BCUT2D eigenvalue weighted by molar-refractivity contribution is -0.112. The monoisotopic (exact) mass is 481 g/mol. The van der Waals surface area contributed by atoms with Crippen molar-refractivity contribution in [1.29, 1.82) is 5.26 Å². The van der Waals surface area contributed by atoms with Crippen LogP contribution in [0.5, 0.6) is 11.5 Å². The number of amides is 1. The van der Waals surface area contributed by atoms with E-state index < -0.39 is 47.3 Å². The highest BCUT2D eigenvalue weighted by Gasteiger charge is 2.27. The van der Waals surface area contributed by atoms with Crippen LogP contribution in [-0.4, -0.2) is 18.0 Å². The predicted octanol–water partition coefficient (Wildman–Crippen LogP) is 4.97. The third kappa shape index (κ3) is 5.09. The number of nitrogens with zero attached hydrogens (tertiary/aromatic N) is 2. The zero-order chi connectivity index (χ0) is 24.1. The highest BCUT2D eigenvalue weighted by molar-refractivity contribution is 7.13. The average Bonchev–Trinajstić information content (AvgIpc) is 3.33. The molecule has 0 unspecified atom stereocenters. The molecule has 0 aliphatic heterocycles. The van der Waals surface area contributed by atoms with Crippen molar-refractivity contribution in [3.8, 4) is 17.6 Å². The highest BCUT2D eigenvalue weighted by atomic mass is 32.1. The van der Waals surface area contributed by atoms with Gasteiger partial charge in [0.1, 0.15) is 24.0 Å². The third-order valence-corrected chi connectivity index (χ3v) is 4.86. The number of thiazole rings is 1. The van der Waals surface area contributed by atoms with Gasteiger partial charge in [-0.15, -0.1) is 11.3 Å². The lowest BCUT2D eigenvalue weighted by Crippen LogP contribution is -2.13. The molecule has 0 radical (unpaired) electrons. The van der Waals surface area contributed by atoms with E-state index in [1.54, 1.807) is 11.4 Å². The zero-order valence-corrected chi connectivity index (χ0v) is 17.4. The van der Waals surface area contributed by atoms with Crippen molar-refractivity contribution in [3.05, 3.63) is 75.6 Å². The molecular weight excluding hydrogens is 469 g/mol. The summed E-state index contributed by atoms with van der Waals surface area (Å²) in [7, 11) is 1.29. The number of halogens is 5. The minimum absolute atomic E-state index is 0.146. The van der Waals surface area contributed by atoms with Gasteiger partial charge in [-0.25, -0.2) is 18.2 Å². The lowest BCUT2D eigenvalue weighted by atomic mass is 10.1. The second-order valence-corrected chi connectivity index (χ2v) is 7.11. The molecule has 1 amide bonds. The van der Waals surface area contributed by atoms with Gasteiger partial charge in [0.15, 0.2) is 10.9 Å². The first-order valence-corrected chi connectivity index (χ1v) is 9.78. The second-order valence-electron chi connectivity index (χ2n) is 6.22. The molecule has 0 atom stereocenters. The number of hydrogen-bond donors (Lipinski definition) is 1. The molecule has 2 aromatic carbocycles. The second kappa shape index (κ2) is 10.1. The summed E-state index contributed by atoms with van der Waals surface area (Å²) in [5.74, 6) is -12.8. The molecule has 0 bridgehead atoms. The molecule has 12 heteroatoms. The van der Waals surface area contributed by atoms with Crippen LogP contribution in [0.25, 0.3) is 6.08 Å². The van der Waals surface area contributed by atoms with Crippen LogP contribution < -0.4 is 14.8 Å². The number of hydrogen-bond acceptors (Lipinski definition) is 6. The number of nitriles is 1. The quantitative estimate of drug-likeness (QED) is 0.169.